The van der Waals surface area contributed by atoms with Crippen LogP contribution in [0.25, 0.3) is 6.08 Å². The number of benzene rings is 2. The summed E-state index contributed by atoms with van der Waals surface area (Å²) < 4.78 is 5.07. The van der Waals surface area contributed by atoms with Crippen molar-refractivity contribution in [2.24, 2.45) is 0 Å². The summed E-state index contributed by atoms with van der Waals surface area (Å²) in [6, 6.07) is 12.0. The molecule has 0 spiro atoms. The Hall–Kier alpha value is -3.68. The number of nitrogens with zero attached hydrogens (tertiary/aromatic N) is 1. The minimum Gasteiger partial charge on any atom is -0.497 e. The lowest BCUT2D eigenvalue weighted by molar-refractivity contribution is -0.384. The van der Waals surface area contributed by atoms with Crippen LogP contribution < -0.4 is 15.4 Å². The summed E-state index contributed by atoms with van der Waals surface area (Å²) in [5.41, 5.74) is 0.802. The molecule has 0 radical (unpaired) electrons. The van der Waals surface area contributed by atoms with Crippen LogP contribution in [-0.4, -0.2) is 30.9 Å². The zero-order valence-corrected chi connectivity index (χ0v) is 14.2. The first-order valence-corrected chi connectivity index (χ1v) is 7.58. The fourth-order valence-electron chi connectivity index (χ4n) is 2.09. The number of nitro groups is 1. The van der Waals surface area contributed by atoms with Gasteiger partial charge in [-0.1, -0.05) is 12.1 Å². The first kappa shape index (κ1) is 18.7. The second kappa shape index (κ2) is 8.43. The monoisotopic (exact) mass is 355 g/mol. The number of likely N-dealkylation sites (N-methyl/N-ethyl adjacent to an activating group) is 1. The maximum Gasteiger partial charge on any atom is 0.269 e. The average Bonchev–Trinajstić information content (AvgIpc) is 2.67. The maximum atomic E-state index is 12.3. The number of nitrogens with one attached hydrogen (secondary N) is 2. The van der Waals surface area contributed by atoms with E-state index in [4.69, 9.17) is 4.74 Å². The molecule has 0 unspecified atom stereocenters. The van der Waals surface area contributed by atoms with Crippen LogP contribution in [0.2, 0.25) is 0 Å². The van der Waals surface area contributed by atoms with Gasteiger partial charge in [-0.2, -0.15) is 0 Å². The molecule has 0 aliphatic heterocycles. The second-order valence-electron chi connectivity index (χ2n) is 5.17. The normalized spacial score (nSPS) is 10.8. The van der Waals surface area contributed by atoms with Crippen LogP contribution in [0.4, 0.5) is 5.69 Å². The van der Waals surface area contributed by atoms with Gasteiger partial charge in [-0.15, -0.1) is 0 Å². The van der Waals surface area contributed by atoms with Crippen LogP contribution in [-0.2, 0) is 4.79 Å². The highest BCUT2D eigenvalue weighted by Crippen LogP contribution is 2.15. The summed E-state index contributed by atoms with van der Waals surface area (Å²) >= 11 is 0. The highest BCUT2D eigenvalue weighted by atomic mass is 16.6. The summed E-state index contributed by atoms with van der Waals surface area (Å²) in [5, 5.41) is 15.6. The molecule has 2 N–H and O–H groups in total. The Labute approximate surface area is 149 Å². The highest BCUT2D eigenvalue weighted by molar-refractivity contribution is 6.05. The van der Waals surface area contributed by atoms with Crippen molar-refractivity contribution >= 4 is 23.6 Å². The first-order valence-electron chi connectivity index (χ1n) is 7.58. The fraction of sp³-hybridized carbons (Fsp3) is 0.111. The van der Waals surface area contributed by atoms with Gasteiger partial charge in [0.2, 0.25) is 0 Å². The van der Waals surface area contributed by atoms with E-state index in [0.717, 1.165) is 0 Å². The van der Waals surface area contributed by atoms with Gasteiger partial charge in [-0.3, -0.25) is 19.7 Å². The van der Waals surface area contributed by atoms with Gasteiger partial charge < -0.3 is 15.4 Å². The predicted molar refractivity (Wildman–Crippen MR) is 95.6 cm³/mol. The molecule has 0 saturated carbocycles. The van der Waals surface area contributed by atoms with Crippen molar-refractivity contribution in [1.29, 1.82) is 0 Å². The molecule has 0 aliphatic rings. The van der Waals surface area contributed by atoms with Gasteiger partial charge in [0.05, 0.1) is 12.0 Å². The molecular weight excluding hydrogens is 338 g/mol. The minimum absolute atomic E-state index is 0.0426. The predicted octanol–water partition coefficient (Wildman–Crippen LogP) is 2.12. The number of carbonyl (C=O) groups excluding carboxylic acids is 2. The quantitative estimate of drug-likeness (QED) is 0.468. The second-order valence-corrected chi connectivity index (χ2v) is 5.17. The van der Waals surface area contributed by atoms with Gasteiger partial charge in [0, 0.05) is 24.7 Å². The number of amides is 2. The number of non-ortho nitro benzene ring substituents is 1. The van der Waals surface area contributed by atoms with Crippen LogP contribution in [0.1, 0.15) is 15.9 Å². The van der Waals surface area contributed by atoms with Crippen LogP contribution in [0, 0.1) is 10.1 Å². The molecule has 0 fully saturated rings. The van der Waals surface area contributed by atoms with Gasteiger partial charge in [0.1, 0.15) is 11.4 Å². The summed E-state index contributed by atoms with van der Waals surface area (Å²) in [6.45, 7) is 0. The smallest absolute Gasteiger partial charge is 0.269 e. The molecule has 2 amide bonds. The Morgan fingerprint density at radius 3 is 2.19 bits per heavy atom. The number of ether oxygens (including phenoxy) is 1. The molecule has 8 heteroatoms. The number of hydrogen-bond acceptors (Lipinski definition) is 5. The Morgan fingerprint density at radius 1 is 1.08 bits per heavy atom. The molecule has 26 heavy (non-hydrogen) atoms. The molecule has 8 nitrogen and oxygen atoms in total. The Bertz CT molecular complexity index is 842. The van der Waals surface area contributed by atoms with Crippen molar-refractivity contribution < 1.29 is 19.2 Å². The SMILES string of the molecule is CNC(=O)/C(=C\c1ccc(OC)cc1)NC(=O)c1ccc([N+](=O)[O-])cc1. The van der Waals surface area contributed by atoms with Crippen molar-refractivity contribution in [2.75, 3.05) is 14.2 Å². The summed E-state index contributed by atoms with van der Waals surface area (Å²) in [4.78, 5) is 34.5. The van der Waals surface area contributed by atoms with Crippen LogP contribution in [0.15, 0.2) is 54.2 Å². The Morgan fingerprint density at radius 2 is 1.69 bits per heavy atom. The maximum absolute atomic E-state index is 12.3. The molecule has 0 bridgehead atoms. The first-order chi connectivity index (χ1) is 12.4. The van der Waals surface area contributed by atoms with E-state index in [-0.39, 0.29) is 16.9 Å². The molecule has 2 rings (SSSR count). The van der Waals surface area contributed by atoms with Crippen molar-refractivity contribution in [2.45, 2.75) is 0 Å². The van der Waals surface area contributed by atoms with E-state index >= 15 is 0 Å². The third-order valence-electron chi connectivity index (χ3n) is 3.49. The molecule has 0 saturated heterocycles. The lowest BCUT2D eigenvalue weighted by atomic mass is 10.1. The third kappa shape index (κ3) is 4.67. The van der Waals surface area contributed by atoms with Gasteiger partial charge >= 0.3 is 0 Å². The minimum atomic E-state index is -0.554. The zero-order valence-electron chi connectivity index (χ0n) is 14.2. The van der Waals surface area contributed by atoms with Crippen molar-refractivity contribution in [3.63, 3.8) is 0 Å². The van der Waals surface area contributed by atoms with Crippen molar-refractivity contribution in [1.82, 2.24) is 10.6 Å². The highest BCUT2D eigenvalue weighted by Gasteiger charge is 2.14. The standard InChI is InChI=1S/C18H17N3O5/c1-19-18(23)16(11-12-3-9-15(26-2)10-4-12)20-17(22)13-5-7-14(8-6-13)21(24)25/h3-11H,1-2H3,(H,19,23)(H,20,22)/b16-11+. The summed E-state index contributed by atoms with van der Waals surface area (Å²) in [7, 11) is 2.99. The van der Waals surface area contributed by atoms with Crippen molar-refractivity contribution in [3.05, 3.63) is 75.5 Å². The van der Waals surface area contributed by atoms with Crippen LogP contribution in [0.3, 0.4) is 0 Å². The van der Waals surface area contributed by atoms with E-state index < -0.39 is 16.7 Å². The number of methoxy groups -OCH3 is 1. The molecular formula is C18H17N3O5. The average molecular weight is 355 g/mol. The van der Waals surface area contributed by atoms with Crippen molar-refractivity contribution in [3.8, 4) is 5.75 Å². The number of carbonyl (C=O) groups is 2. The van der Waals surface area contributed by atoms with Gasteiger partial charge in [-0.25, -0.2) is 0 Å². The topological polar surface area (TPSA) is 111 Å². The van der Waals surface area contributed by atoms with Gasteiger partial charge in [0.25, 0.3) is 17.5 Å². The van der Waals surface area contributed by atoms with E-state index in [0.29, 0.717) is 11.3 Å². The van der Waals surface area contributed by atoms with E-state index in [9.17, 15) is 19.7 Å². The third-order valence-corrected chi connectivity index (χ3v) is 3.49. The van der Waals surface area contributed by atoms with Gasteiger partial charge in [-0.05, 0) is 35.9 Å². The molecule has 0 heterocycles. The lowest BCUT2D eigenvalue weighted by Gasteiger charge is -2.09. The van der Waals surface area contributed by atoms with Crippen LogP contribution >= 0.6 is 0 Å². The fourth-order valence-corrected chi connectivity index (χ4v) is 2.09. The molecule has 134 valence electrons. The molecule has 2 aromatic carbocycles. The molecule has 0 atom stereocenters. The molecule has 2 aromatic rings. The Kier molecular flexibility index (Phi) is 6.05. The summed E-state index contributed by atoms with van der Waals surface area (Å²) in [5.74, 6) is -0.363. The number of rotatable bonds is 6. The number of hydrogen-bond donors (Lipinski definition) is 2. The molecule has 0 aliphatic carbocycles. The van der Waals surface area contributed by atoms with Gasteiger partial charge in [0.15, 0.2) is 0 Å². The van der Waals surface area contributed by atoms with E-state index in [2.05, 4.69) is 10.6 Å². The number of nitro benzene ring substituents is 1. The zero-order chi connectivity index (χ0) is 19.1. The largest absolute Gasteiger partial charge is 0.497 e. The van der Waals surface area contributed by atoms with E-state index in [1.807, 2.05) is 0 Å². The van der Waals surface area contributed by atoms with E-state index in [1.165, 1.54) is 37.4 Å². The Balaban J connectivity index is 2.23. The lowest BCUT2D eigenvalue weighted by Crippen LogP contribution is -2.33. The molecule has 0 aromatic heterocycles. The van der Waals surface area contributed by atoms with E-state index in [1.54, 1.807) is 31.4 Å². The summed E-state index contributed by atoms with van der Waals surface area (Å²) in [6.07, 6.45) is 1.52. The van der Waals surface area contributed by atoms with Crippen LogP contribution in [0.5, 0.6) is 5.75 Å².